The minimum absolute atomic E-state index is 0.0626. The van der Waals surface area contributed by atoms with E-state index in [1.54, 1.807) is 11.0 Å². The number of para-hydroxylation sites is 1. The normalized spacial score (nSPS) is 17.2. The molecule has 2 aromatic carbocycles. The predicted molar refractivity (Wildman–Crippen MR) is 97.5 cm³/mol. The van der Waals surface area contributed by atoms with Gasteiger partial charge < -0.3 is 4.90 Å². The maximum Gasteiger partial charge on any atom is 0.258 e. The summed E-state index contributed by atoms with van der Waals surface area (Å²) in [6.07, 6.45) is 5.15. The maximum absolute atomic E-state index is 13.3. The van der Waals surface area contributed by atoms with Crippen LogP contribution in [-0.2, 0) is 5.41 Å². The molecule has 1 aliphatic heterocycles. The van der Waals surface area contributed by atoms with E-state index in [9.17, 15) is 4.79 Å². The van der Waals surface area contributed by atoms with E-state index in [1.165, 1.54) is 24.8 Å². The Morgan fingerprint density at radius 2 is 1.96 bits per heavy atom. The number of fused-ring (bicyclic) bond motifs is 2. The van der Waals surface area contributed by atoms with Crippen molar-refractivity contribution in [2.24, 2.45) is 0 Å². The molecule has 0 radical (unpaired) electrons. The summed E-state index contributed by atoms with van der Waals surface area (Å²) in [6.45, 7) is 2.76. The van der Waals surface area contributed by atoms with Crippen LogP contribution in [0.3, 0.4) is 0 Å². The molecule has 0 bridgehead atoms. The number of benzene rings is 2. The van der Waals surface area contributed by atoms with Crippen molar-refractivity contribution in [1.82, 2.24) is 20.2 Å². The van der Waals surface area contributed by atoms with Crippen LogP contribution in [0.5, 0.6) is 0 Å². The molecule has 2 aliphatic rings. The summed E-state index contributed by atoms with van der Waals surface area (Å²) in [5.74, 6) is 0.0626. The molecule has 6 nitrogen and oxygen atoms in total. The van der Waals surface area contributed by atoms with Gasteiger partial charge in [-0.25, -0.2) is 4.68 Å². The summed E-state index contributed by atoms with van der Waals surface area (Å²) in [4.78, 5) is 15.2. The largest absolute Gasteiger partial charge is 0.307 e. The molecule has 6 heteroatoms. The molecule has 0 saturated heterocycles. The number of hydrogen-bond acceptors (Lipinski definition) is 4. The lowest BCUT2D eigenvalue weighted by atomic mass is 9.66. The van der Waals surface area contributed by atoms with Crippen LogP contribution in [0.1, 0.15) is 40.7 Å². The summed E-state index contributed by atoms with van der Waals surface area (Å²) in [6, 6.07) is 14.0. The first-order valence-electron chi connectivity index (χ1n) is 8.93. The molecule has 0 N–H and O–H groups in total. The van der Waals surface area contributed by atoms with Crippen molar-refractivity contribution < 1.29 is 4.79 Å². The Morgan fingerprint density at radius 1 is 1.12 bits per heavy atom. The fourth-order valence-corrected chi connectivity index (χ4v) is 4.32. The topological polar surface area (TPSA) is 63.9 Å². The Morgan fingerprint density at radius 3 is 2.65 bits per heavy atom. The van der Waals surface area contributed by atoms with Gasteiger partial charge in [0.15, 0.2) is 0 Å². The van der Waals surface area contributed by atoms with Crippen LogP contribution >= 0.6 is 0 Å². The third kappa shape index (κ3) is 2.11. The van der Waals surface area contributed by atoms with Crippen molar-refractivity contribution in [3.05, 3.63) is 65.5 Å². The van der Waals surface area contributed by atoms with Gasteiger partial charge in [0.2, 0.25) is 0 Å². The summed E-state index contributed by atoms with van der Waals surface area (Å²) in [5, 5.41) is 11.3. The molecule has 26 heavy (non-hydrogen) atoms. The standard InChI is InChI=1S/C20H19N5O/c1-14-11-15(7-8-17(14)25-13-21-22-23-25)19(26)24-12-20(9-4-10-20)16-5-2-3-6-18(16)24/h2-3,5-8,11,13H,4,9-10,12H2,1H3. The molecule has 1 fully saturated rings. The van der Waals surface area contributed by atoms with E-state index >= 15 is 0 Å². The van der Waals surface area contributed by atoms with Gasteiger partial charge in [-0.15, -0.1) is 5.10 Å². The zero-order valence-corrected chi connectivity index (χ0v) is 14.6. The number of nitrogens with zero attached hydrogens (tertiary/aromatic N) is 5. The first kappa shape index (κ1) is 15.3. The lowest BCUT2D eigenvalue weighted by molar-refractivity contribution is 0.0979. The van der Waals surface area contributed by atoms with E-state index < -0.39 is 0 Å². The van der Waals surface area contributed by atoms with Crippen LogP contribution in [0.2, 0.25) is 0 Å². The van der Waals surface area contributed by atoms with Crippen molar-refractivity contribution in [3.63, 3.8) is 0 Å². The number of aromatic nitrogens is 4. The van der Waals surface area contributed by atoms with Crippen molar-refractivity contribution in [3.8, 4) is 5.69 Å². The summed E-state index contributed by atoms with van der Waals surface area (Å²) < 4.78 is 1.61. The van der Waals surface area contributed by atoms with E-state index in [2.05, 4.69) is 33.7 Å². The van der Waals surface area contributed by atoms with Gasteiger partial charge in [0.25, 0.3) is 5.91 Å². The maximum atomic E-state index is 13.3. The molecule has 1 spiro atoms. The van der Waals surface area contributed by atoms with Crippen LogP contribution < -0.4 is 4.90 Å². The Labute approximate surface area is 151 Å². The molecule has 1 saturated carbocycles. The van der Waals surface area contributed by atoms with Crippen LogP contribution in [0.15, 0.2) is 48.8 Å². The van der Waals surface area contributed by atoms with Gasteiger partial charge in [-0.1, -0.05) is 24.6 Å². The third-order valence-electron chi connectivity index (χ3n) is 5.82. The number of anilines is 1. The number of rotatable bonds is 2. The molecule has 2 heterocycles. The molecule has 1 amide bonds. The average Bonchev–Trinajstić information content (AvgIpc) is 3.27. The highest BCUT2D eigenvalue weighted by Gasteiger charge is 2.48. The number of aryl methyl sites for hydroxylation is 1. The first-order chi connectivity index (χ1) is 12.7. The SMILES string of the molecule is Cc1cc(C(=O)N2CC3(CCC3)c3ccccc32)ccc1-n1cnnn1. The molecule has 0 unspecified atom stereocenters. The van der Waals surface area contributed by atoms with Gasteiger partial charge in [-0.3, -0.25) is 4.79 Å². The zero-order chi connectivity index (χ0) is 17.7. The van der Waals surface area contributed by atoms with Crippen molar-refractivity contribution in [2.45, 2.75) is 31.6 Å². The quantitative estimate of drug-likeness (QED) is 0.716. The van der Waals surface area contributed by atoms with Crippen LogP contribution in [-0.4, -0.2) is 32.7 Å². The number of amides is 1. The second kappa shape index (κ2) is 5.49. The van der Waals surface area contributed by atoms with Gasteiger partial charge in [-0.2, -0.15) is 0 Å². The fourth-order valence-electron chi connectivity index (χ4n) is 4.32. The molecule has 1 aliphatic carbocycles. The highest BCUT2D eigenvalue weighted by atomic mass is 16.2. The average molecular weight is 345 g/mol. The van der Waals surface area contributed by atoms with Crippen molar-refractivity contribution in [1.29, 1.82) is 0 Å². The third-order valence-corrected chi connectivity index (χ3v) is 5.82. The summed E-state index contributed by atoms with van der Waals surface area (Å²) in [7, 11) is 0. The molecule has 1 aromatic heterocycles. The summed E-state index contributed by atoms with van der Waals surface area (Å²) >= 11 is 0. The van der Waals surface area contributed by atoms with E-state index in [0.29, 0.717) is 5.56 Å². The summed E-state index contributed by atoms with van der Waals surface area (Å²) in [5.41, 5.74) is 5.12. The highest BCUT2D eigenvalue weighted by Crippen LogP contribution is 2.52. The van der Waals surface area contributed by atoms with Crippen molar-refractivity contribution in [2.75, 3.05) is 11.4 Å². The van der Waals surface area contributed by atoms with Gasteiger partial charge in [-0.05, 0) is 65.6 Å². The highest BCUT2D eigenvalue weighted by molar-refractivity contribution is 6.08. The fraction of sp³-hybridized carbons (Fsp3) is 0.300. The lowest BCUT2D eigenvalue weighted by Gasteiger charge is -2.39. The number of hydrogen-bond donors (Lipinski definition) is 0. The smallest absolute Gasteiger partial charge is 0.258 e. The molecule has 5 rings (SSSR count). The zero-order valence-electron chi connectivity index (χ0n) is 14.6. The van der Waals surface area contributed by atoms with E-state index in [4.69, 9.17) is 0 Å². The second-order valence-electron chi connectivity index (χ2n) is 7.30. The van der Waals surface area contributed by atoms with Crippen LogP contribution in [0.4, 0.5) is 5.69 Å². The molecule has 0 atom stereocenters. The first-order valence-corrected chi connectivity index (χ1v) is 8.93. The second-order valence-corrected chi connectivity index (χ2v) is 7.30. The molecule has 3 aromatic rings. The Balaban J connectivity index is 1.50. The van der Waals surface area contributed by atoms with Crippen LogP contribution in [0.25, 0.3) is 5.69 Å². The molecule has 130 valence electrons. The predicted octanol–water partition coefficient (Wildman–Crippen LogP) is 3.05. The van der Waals surface area contributed by atoms with Gasteiger partial charge >= 0.3 is 0 Å². The van der Waals surface area contributed by atoms with Gasteiger partial charge in [0.05, 0.1) is 5.69 Å². The number of carbonyl (C=O) groups excluding carboxylic acids is 1. The van der Waals surface area contributed by atoms with Crippen LogP contribution in [0, 0.1) is 6.92 Å². The van der Waals surface area contributed by atoms with Gasteiger partial charge in [0, 0.05) is 23.2 Å². The molecular formula is C20H19N5O. The number of carbonyl (C=O) groups is 1. The Bertz CT molecular complexity index is 991. The lowest BCUT2D eigenvalue weighted by Crippen LogP contribution is -2.41. The number of tetrazole rings is 1. The van der Waals surface area contributed by atoms with E-state index in [0.717, 1.165) is 23.5 Å². The van der Waals surface area contributed by atoms with E-state index in [-0.39, 0.29) is 11.3 Å². The minimum Gasteiger partial charge on any atom is -0.307 e. The Hall–Kier alpha value is -3.02. The Kier molecular flexibility index (Phi) is 3.22. The molecular weight excluding hydrogens is 326 g/mol. The van der Waals surface area contributed by atoms with Gasteiger partial charge in [0.1, 0.15) is 6.33 Å². The van der Waals surface area contributed by atoms with Crippen molar-refractivity contribution >= 4 is 11.6 Å². The monoisotopic (exact) mass is 345 g/mol. The minimum atomic E-state index is 0.0626. The van der Waals surface area contributed by atoms with E-state index in [1.807, 2.05) is 36.1 Å².